The molecule has 0 saturated heterocycles. The fraction of sp³-hybridized carbons (Fsp3) is 0.455. The van der Waals surface area contributed by atoms with Crippen LogP contribution >= 0.6 is 0 Å². The van der Waals surface area contributed by atoms with E-state index in [1.165, 1.54) is 0 Å². The summed E-state index contributed by atoms with van der Waals surface area (Å²) < 4.78 is 4.97. The van der Waals surface area contributed by atoms with Crippen LogP contribution in [0.4, 0.5) is 0 Å². The van der Waals surface area contributed by atoms with Crippen molar-refractivity contribution in [3.63, 3.8) is 0 Å². The van der Waals surface area contributed by atoms with Crippen LogP contribution in [0.2, 0.25) is 0 Å². The van der Waals surface area contributed by atoms with Crippen LogP contribution in [0.25, 0.3) is 0 Å². The molecule has 2 N–H and O–H groups in total. The highest BCUT2D eigenvalue weighted by Gasteiger charge is 2.04. The minimum Gasteiger partial charge on any atom is -0.504 e. The van der Waals surface area contributed by atoms with Crippen LogP contribution in [0.3, 0.4) is 0 Å². The molecule has 0 unspecified atom stereocenters. The molecule has 0 aliphatic carbocycles. The number of likely N-dealkylation sites (N-methyl/N-ethyl adjacent to an activating group) is 1. The van der Waals surface area contributed by atoms with Crippen LogP contribution in [-0.2, 0) is 6.42 Å². The summed E-state index contributed by atoms with van der Waals surface area (Å²) in [5.41, 5.74) is 1.10. The van der Waals surface area contributed by atoms with Crippen LogP contribution < -0.4 is 10.1 Å². The second-order valence-electron chi connectivity index (χ2n) is 3.40. The molecular formula is C11H17NO2. The van der Waals surface area contributed by atoms with Crippen molar-refractivity contribution in [3.8, 4) is 11.5 Å². The summed E-state index contributed by atoms with van der Waals surface area (Å²) >= 11 is 0. The van der Waals surface area contributed by atoms with E-state index in [1.54, 1.807) is 19.2 Å². The average Bonchev–Trinajstić information content (AvgIpc) is 2.18. The van der Waals surface area contributed by atoms with Crippen LogP contribution in [0.15, 0.2) is 18.2 Å². The number of hydrogen-bond acceptors (Lipinski definition) is 3. The van der Waals surface area contributed by atoms with E-state index in [-0.39, 0.29) is 5.75 Å². The number of ether oxygens (including phenoxy) is 1. The van der Waals surface area contributed by atoms with Gasteiger partial charge in [0, 0.05) is 6.04 Å². The Morgan fingerprint density at radius 2 is 2.21 bits per heavy atom. The largest absolute Gasteiger partial charge is 0.504 e. The fourth-order valence-corrected chi connectivity index (χ4v) is 1.32. The number of methoxy groups -OCH3 is 1. The van der Waals surface area contributed by atoms with Crippen molar-refractivity contribution in [2.45, 2.75) is 19.4 Å². The van der Waals surface area contributed by atoms with Crippen LogP contribution in [0.1, 0.15) is 12.5 Å². The van der Waals surface area contributed by atoms with Gasteiger partial charge in [-0.1, -0.05) is 6.07 Å². The SMILES string of the molecule is CN[C@H](C)Cc1ccc(OC)c(O)c1. The van der Waals surface area contributed by atoms with E-state index in [1.807, 2.05) is 13.1 Å². The van der Waals surface area contributed by atoms with Crippen LogP contribution in [0, 0.1) is 0 Å². The lowest BCUT2D eigenvalue weighted by Crippen LogP contribution is -2.23. The molecule has 14 heavy (non-hydrogen) atoms. The van der Waals surface area contributed by atoms with Crippen molar-refractivity contribution < 1.29 is 9.84 Å². The summed E-state index contributed by atoms with van der Waals surface area (Å²) in [7, 11) is 3.47. The smallest absolute Gasteiger partial charge is 0.160 e. The standard InChI is InChI=1S/C11H17NO2/c1-8(12-2)6-9-4-5-11(14-3)10(13)7-9/h4-5,7-8,12-13H,6H2,1-3H3/t8-/m1/s1. The predicted molar refractivity (Wildman–Crippen MR) is 56.9 cm³/mol. The quantitative estimate of drug-likeness (QED) is 0.766. The van der Waals surface area contributed by atoms with Gasteiger partial charge >= 0.3 is 0 Å². The van der Waals surface area contributed by atoms with E-state index >= 15 is 0 Å². The van der Waals surface area contributed by atoms with Gasteiger partial charge in [-0.05, 0) is 38.1 Å². The lowest BCUT2D eigenvalue weighted by atomic mass is 10.1. The molecule has 0 bridgehead atoms. The third-order valence-electron chi connectivity index (χ3n) is 2.28. The molecule has 1 aromatic carbocycles. The van der Waals surface area contributed by atoms with E-state index in [0.29, 0.717) is 11.8 Å². The van der Waals surface area contributed by atoms with Gasteiger partial charge in [0.1, 0.15) is 0 Å². The number of phenolic OH excluding ortho intramolecular Hbond substituents is 1. The lowest BCUT2D eigenvalue weighted by molar-refractivity contribution is 0.373. The zero-order valence-electron chi connectivity index (χ0n) is 8.87. The van der Waals surface area contributed by atoms with Crippen molar-refractivity contribution in [3.05, 3.63) is 23.8 Å². The van der Waals surface area contributed by atoms with E-state index in [9.17, 15) is 5.11 Å². The summed E-state index contributed by atoms with van der Waals surface area (Å²) in [4.78, 5) is 0. The molecule has 1 atom stereocenters. The molecule has 0 radical (unpaired) electrons. The normalized spacial score (nSPS) is 12.5. The van der Waals surface area contributed by atoms with Crippen molar-refractivity contribution in [1.29, 1.82) is 0 Å². The Balaban J connectivity index is 2.76. The lowest BCUT2D eigenvalue weighted by Gasteiger charge is -2.11. The van der Waals surface area contributed by atoms with E-state index in [2.05, 4.69) is 12.2 Å². The Bertz CT molecular complexity index is 299. The highest BCUT2D eigenvalue weighted by atomic mass is 16.5. The number of benzene rings is 1. The minimum absolute atomic E-state index is 0.202. The summed E-state index contributed by atoms with van der Waals surface area (Å²) in [5, 5.41) is 12.7. The number of phenols is 1. The predicted octanol–water partition coefficient (Wildman–Crippen LogP) is 1.55. The Labute approximate surface area is 84.7 Å². The van der Waals surface area contributed by atoms with Crippen molar-refractivity contribution in [1.82, 2.24) is 5.32 Å². The Hall–Kier alpha value is -1.22. The maximum Gasteiger partial charge on any atom is 0.160 e. The summed E-state index contributed by atoms with van der Waals surface area (Å²) in [6.07, 6.45) is 0.897. The highest BCUT2D eigenvalue weighted by molar-refractivity contribution is 5.41. The molecule has 78 valence electrons. The van der Waals surface area contributed by atoms with Gasteiger partial charge in [-0.15, -0.1) is 0 Å². The molecule has 3 heteroatoms. The Morgan fingerprint density at radius 1 is 1.50 bits per heavy atom. The first-order valence-corrected chi connectivity index (χ1v) is 4.70. The second kappa shape index (κ2) is 4.86. The molecule has 3 nitrogen and oxygen atoms in total. The molecule has 1 rings (SSSR count). The number of rotatable bonds is 4. The first kappa shape index (κ1) is 10.9. The summed E-state index contributed by atoms with van der Waals surface area (Å²) in [6.45, 7) is 2.10. The second-order valence-corrected chi connectivity index (χ2v) is 3.40. The van der Waals surface area contributed by atoms with Gasteiger partial charge in [-0.25, -0.2) is 0 Å². The van der Waals surface area contributed by atoms with E-state index in [0.717, 1.165) is 12.0 Å². The monoisotopic (exact) mass is 195 g/mol. The highest BCUT2D eigenvalue weighted by Crippen LogP contribution is 2.26. The molecule has 0 fully saturated rings. The van der Waals surface area contributed by atoms with Gasteiger partial charge in [0.25, 0.3) is 0 Å². The molecule has 0 heterocycles. The Kier molecular flexibility index (Phi) is 3.77. The molecule has 0 aliphatic heterocycles. The van der Waals surface area contributed by atoms with Gasteiger partial charge in [0.2, 0.25) is 0 Å². The molecule has 0 amide bonds. The zero-order chi connectivity index (χ0) is 10.6. The molecule has 0 aromatic heterocycles. The zero-order valence-corrected chi connectivity index (χ0v) is 8.87. The van der Waals surface area contributed by atoms with Gasteiger partial charge in [-0.3, -0.25) is 0 Å². The number of hydrogen-bond donors (Lipinski definition) is 2. The topological polar surface area (TPSA) is 41.5 Å². The third-order valence-corrected chi connectivity index (χ3v) is 2.28. The van der Waals surface area contributed by atoms with Crippen molar-refractivity contribution >= 4 is 0 Å². The number of aromatic hydroxyl groups is 1. The van der Waals surface area contributed by atoms with Gasteiger partial charge < -0.3 is 15.2 Å². The first-order chi connectivity index (χ1) is 6.67. The minimum atomic E-state index is 0.202. The van der Waals surface area contributed by atoms with Gasteiger partial charge in [0.05, 0.1) is 7.11 Å². The molecule has 0 aliphatic rings. The van der Waals surface area contributed by atoms with E-state index < -0.39 is 0 Å². The molecule has 0 spiro atoms. The van der Waals surface area contributed by atoms with Crippen molar-refractivity contribution in [2.75, 3.05) is 14.2 Å². The van der Waals surface area contributed by atoms with Crippen LogP contribution in [0.5, 0.6) is 11.5 Å². The maximum atomic E-state index is 9.53. The Morgan fingerprint density at radius 3 is 2.71 bits per heavy atom. The van der Waals surface area contributed by atoms with Gasteiger partial charge in [-0.2, -0.15) is 0 Å². The summed E-state index contributed by atoms with van der Waals surface area (Å²) in [6, 6.07) is 5.90. The summed E-state index contributed by atoms with van der Waals surface area (Å²) in [5.74, 6) is 0.721. The van der Waals surface area contributed by atoms with E-state index in [4.69, 9.17) is 4.74 Å². The number of nitrogens with one attached hydrogen (secondary N) is 1. The average molecular weight is 195 g/mol. The maximum absolute atomic E-state index is 9.53. The first-order valence-electron chi connectivity index (χ1n) is 4.70. The van der Waals surface area contributed by atoms with Gasteiger partial charge in [0.15, 0.2) is 11.5 Å². The molecule has 1 aromatic rings. The fourth-order valence-electron chi connectivity index (χ4n) is 1.32. The molecular weight excluding hydrogens is 178 g/mol. The third kappa shape index (κ3) is 2.64. The van der Waals surface area contributed by atoms with Crippen molar-refractivity contribution in [2.24, 2.45) is 0 Å². The molecule has 0 saturated carbocycles. The van der Waals surface area contributed by atoms with Crippen LogP contribution in [-0.4, -0.2) is 25.3 Å².